The number of aromatic nitrogens is 4. The van der Waals surface area contributed by atoms with Gasteiger partial charge in [0.15, 0.2) is 0 Å². The van der Waals surface area contributed by atoms with Crippen molar-refractivity contribution < 1.29 is 0 Å². The molecule has 0 radical (unpaired) electrons. The lowest BCUT2D eigenvalue weighted by Crippen LogP contribution is -2.26. The Kier molecular flexibility index (Phi) is 4.03. The van der Waals surface area contributed by atoms with E-state index in [1.54, 1.807) is 20.3 Å². The minimum atomic E-state index is -0.235. The molecular weight excluding hydrogens is 392 g/mol. The van der Waals surface area contributed by atoms with E-state index in [0.717, 1.165) is 16.0 Å². The molecule has 0 spiro atoms. The third-order valence-electron chi connectivity index (χ3n) is 4.86. The van der Waals surface area contributed by atoms with Crippen molar-refractivity contribution in [2.75, 3.05) is 0 Å². The van der Waals surface area contributed by atoms with E-state index in [2.05, 4.69) is 5.10 Å². The van der Waals surface area contributed by atoms with Gasteiger partial charge in [-0.3, -0.25) is 9.36 Å². The number of rotatable bonds is 4. The maximum Gasteiger partial charge on any atom is 0.352 e. The second-order valence-corrected chi connectivity index (χ2v) is 8.56. The van der Waals surface area contributed by atoms with Gasteiger partial charge in [-0.25, -0.2) is 13.9 Å². The van der Waals surface area contributed by atoms with E-state index in [9.17, 15) is 9.59 Å². The number of thiophene rings is 2. The zero-order chi connectivity index (χ0) is 19.3. The van der Waals surface area contributed by atoms with E-state index in [0.29, 0.717) is 29.1 Å². The van der Waals surface area contributed by atoms with Crippen LogP contribution in [0.5, 0.6) is 0 Å². The van der Waals surface area contributed by atoms with E-state index in [1.807, 2.05) is 60.1 Å². The SMILES string of the molecule is Cc1ccccc1Cn1nc2n(Cc3cccs3)c(=O)c3sccc3n2c1=O. The van der Waals surface area contributed by atoms with Gasteiger partial charge < -0.3 is 0 Å². The molecule has 5 rings (SSSR count). The van der Waals surface area contributed by atoms with Gasteiger partial charge in [0.1, 0.15) is 4.70 Å². The fourth-order valence-corrected chi connectivity index (χ4v) is 4.90. The molecule has 0 bridgehead atoms. The highest BCUT2D eigenvalue weighted by Crippen LogP contribution is 2.19. The van der Waals surface area contributed by atoms with Crippen LogP contribution in [0.3, 0.4) is 0 Å². The molecule has 0 unspecified atom stereocenters. The summed E-state index contributed by atoms with van der Waals surface area (Å²) in [6.45, 7) is 2.78. The molecule has 6 nitrogen and oxygen atoms in total. The van der Waals surface area contributed by atoms with Gasteiger partial charge >= 0.3 is 5.69 Å². The molecule has 1 aromatic carbocycles. The number of benzene rings is 1. The molecule has 0 aliphatic carbocycles. The third-order valence-corrected chi connectivity index (χ3v) is 6.62. The van der Waals surface area contributed by atoms with Crippen LogP contribution in [0.1, 0.15) is 16.0 Å². The van der Waals surface area contributed by atoms with Crippen molar-refractivity contribution in [2.24, 2.45) is 0 Å². The number of hydrogen-bond acceptors (Lipinski definition) is 5. The van der Waals surface area contributed by atoms with Gasteiger partial charge in [0.25, 0.3) is 5.56 Å². The van der Waals surface area contributed by atoms with Gasteiger partial charge in [0.2, 0.25) is 5.78 Å². The molecule has 0 aliphatic heterocycles. The Labute approximate surface area is 167 Å². The number of hydrogen-bond donors (Lipinski definition) is 0. The Balaban J connectivity index is 1.77. The van der Waals surface area contributed by atoms with Crippen LogP contribution in [-0.4, -0.2) is 18.7 Å². The zero-order valence-corrected chi connectivity index (χ0v) is 16.7. The zero-order valence-electron chi connectivity index (χ0n) is 15.0. The first-order valence-corrected chi connectivity index (χ1v) is 10.6. The molecule has 0 fully saturated rings. The second kappa shape index (κ2) is 6.57. The molecule has 4 heterocycles. The molecule has 0 aliphatic rings. The highest BCUT2D eigenvalue weighted by molar-refractivity contribution is 7.17. The van der Waals surface area contributed by atoms with Crippen LogP contribution >= 0.6 is 22.7 Å². The van der Waals surface area contributed by atoms with Crippen LogP contribution in [0, 0.1) is 6.92 Å². The van der Waals surface area contributed by atoms with Gasteiger partial charge in [-0.1, -0.05) is 30.3 Å². The van der Waals surface area contributed by atoms with Crippen molar-refractivity contribution in [1.29, 1.82) is 0 Å². The van der Waals surface area contributed by atoms with Crippen LogP contribution < -0.4 is 11.2 Å². The lowest BCUT2D eigenvalue weighted by atomic mass is 10.1. The Bertz CT molecular complexity index is 1420. The van der Waals surface area contributed by atoms with E-state index < -0.39 is 0 Å². The smallest absolute Gasteiger partial charge is 0.270 e. The molecule has 0 amide bonds. The van der Waals surface area contributed by atoms with Gasteiger partial charge in [-0.2, -0.15) is 0 Å². The molecule has 140 valence electrons. The maximum absolute atomic E-state index is 13.2. The summed E-state index contributed by atoms with van der Waals surface area (Å²) >= 11 is 2.93. The van der Waals surface area contributed by atoms with Crippen molar-refractivity contribution in [3.63, 3.8) is 0 Å². The van der Waals surface area contributed by atoms with Gasteiger partial charge in [0.05, 0.1) is 18.6 Å². The summed E-state index contributed by atoms with van der Waals surface area (Å²) in [5, 5.41) is 8.37. The Morgan fingerprint density at radius 1 is 0.964 bits per heavy atom. The molecule has 4 aromatic heterocycles. The number of aryl methyl sites for hydroxylation is 1. The Morgan fingerprint density at radius 2 is 1.82 bits per heavy atom. The first-order chi connectivity index (χ1) is 13.6. The summed E-state index contributed by atoms with van der Waals surface area (Å²) < 4.78 is 5.17. The van der Waals surface area contributed by atoms with E-state index in [4.69, 9.17) is 0 Å². The lowest BCUT2D eigenvalue weighted by molar-refractivity contribution is 0.652. The molecule has 0 saturated carbocycles. The lowest BCUT2D eigenvalue weighted by Gasteiger charge is -2.06. The monoisotopic (exact) mass is 408 g/mol. The second-order valence-electron chi connectivity index (χ2n) is 6.61. The largest absolute Gasteiger partial charge is 0.352 e. The van der Waals surface area contributed by atoms with Gasteiger partial charge in [-0.15, -0.1) is 27.8 Å². The summed E-state index contributed by atoms with van der Waals surface area (Å²) in [6, 6.07) is 13.7. The Hall–Kier alpha value is -2.97. The quantitative estimate of drug-likeness (QED) is 0.458. The summed E-state index contributed by atoms with van der Waals surface area (Å²) in [7, 11) is 0. The molecule has 0 saturated heterocycles. The summed E-state index contributed by atoms with van der Waals surface area (Å²) in [5.41, 5.74) is 2.40. The van der Waals surface area contributed by atoms with Crippen LogP contribution in [0.4, 0.5) is 0 Å². The van der Waals surface area contributed by atoms with Crippen LogP contribution in [0.15, 0.2) is 62.8 Å². The summed E-state index contributed by atoms with van der Waals surface area (Å²) in [5.74, 6) is 0.378. The fraction of sp³-hybridized carbons (Fsp3) is 0.150. The van der Waals surface area contributed by atoms with Gasteiger partial charge in [-0.05, 0) is 40.9 Å². The highest BCUT2D eigenvalue weighted by atomic mass is 32.1. The fourth-order valence-electron chi connectivity index (χ4n) is 3.39. The van der Waals surface area contributed by atoms with Crippen molar-refractivity contribution in [3.05, 3.63) is 90.1 Å². The third kappa shape index (κ3) is 2.64. The first kappa shape index (κ1) is 17.2. The Morgan fingerprint density at radius 3 is 2.61 bits per heavy atom. The topological polar surface area (TPSA) is 61.3 Å². The molecule has 5 aromatic rings. The number of fused-ring (bicyclic) bond motifs is 3. The molecule has 0 atom stereocenters. The highest BCUT2D eigenvalue weighted by Gasteiger charge is 2.19. The van der Waals surface area contributed by atoms with Gasteiger partial charge in [0, 0.05) is 4.88 Å². The average molecular weight is 409 g/mol. The van der Waals surface area contributed by atoms with Crippen molar-refractivity contribution >= 4 is 38.7 Å². The summed E-state index contributed by atoms with van der Waals surface area (Å²) in [6.07, 6.45) is 0. The molecule has 28 heavy (non-hydrogen) atoms. The van der Waals surface area contributed by atoms with Crippen LogP contribution in [0.25, 0.3) is 16.0 Å². The summed E-state index contributed by atoms with van der Waals surface area (Å²) in [4.78, 5) is 27.3. The normalized spacial score (nSPS) is 11.6. The molecular formula is C20H16N4O2S2. The standard InChI is InChI=1S/C20H16N4O2S2/c1-13-5-2-3-6-14(13)11-23-20(26)24-16-8-10-28-17(16)18(25)22(19(24)21-23)12-15-7-4-9-27-15/h2-10H,11-12H2,1H3. The molecule has 8 heteroatoms. The van der Waals surface area contributed by atoms with Crippen LogP contribution in [0.2, 0.25) is 0 Å². The minimum absolute atomic E-state index is 0.112. The van der Waals surface area contributed by atoms with Crippen molar-refractivity contribution in [1.82, 2.24) is 18.7 Å². The predicted molar refractivity (Wildman–Crippen MR) is 113 cm³/mol. The van der Waals surface area contributed by atoms with Crippen molar-refractivity contribution in [3.8, 4) is 0 Å². The number of nitrogens with zero attached hydrogens (tertiary/aromatic N) is 4. The van der Waals surface area contributed by atoms with Crippen molar-refractivity contribution in [2.45, 2.75) is 20.0 Å². The minimum Gasteiger partial charge on any atom is -0.270 e. The maximum atomic E-state index is 13.2. The van der Waals surface area contributed by atoms with Crippen LogP contribution in [-0.2, 0) is 13.1 Å². The predicted octanol–water partition coefficient (Wildman–Crippen LogP) is 3.34. The first-order valence-electron chi connectivity index (χ1n) is 8.80. The average Bonchev–Trinajstić information content (AvgIpc) is 3.42. The molecule has 0 N–H and O–H groups in total. The van der Waals surface area contributed by atoms with E-state index in [1.165, 1.54) is 16.0 Å². The van der Waals surface area contributed by atoms with E-state index in [-0.39, 0.29) is 11.2 Å². The van der Waals surface area contributed by atoms with E-state index >= 15 is 0 Å².